The molecular formula is C26H30N6O2S. The predicted molar refractivity (Wildman–Crippen MR) is 138 cm³/mol. The zero-order chi connectivity index (χ0) is 23.8. The molecule has 0 atom stereocenters. The molecule has 6 rings (SSSR count). The third-order valence-electron chi connectivity index (χ3n) is 7.09. The molecule has 1 N–H and O–H groups in total. The molecule has 3 aromatic heterocycles. The number of hydrogen-bond acceptors (Lipinski definition) is 7. The number of imidazole rings is 1. The fraction of sp³-hybridized carbons (Fsp3) is 0.423. The third kappa shape index (κ3) is 4.29. The van der Waals surface area contributed by atoms with Crippen LogP contribution in [-0.4, -0.2) is 57.6 Å². The molecule has 1 aliphatic carbocycles. The molecule has 2 fully saturated rings. The first-order valence-corrected chi connectivity index (χ1v) is 13.3. The zero-order valence-electron chi connectivity index (χ0n) is 19.9. The lowest BCUT2D eigenvalue weighted by Crippen LogP contribution is -2.48. The maximum absolute atomic E-state index is 12.6. The molecule has 35 heavy (non-hydrogen) atoms. The lowest BCUT2D eigenvalue weighted by Gasteiger charge is -2.33. The van der Waals surface area contributed by atoms with Crippen molar-refractivity contribution in [1.82, 2.24) is 19.5 Å². The van der Waals surface area contributed by atoms with Gasteiger partial charge in [0.15, 0.2) is 11.6 Å². The Hall–Kier alpha value is -3.33. The Morgan fingerprint density at radius 2 is 1.89 bits per heavy atom. The van der Waals surface area contributed by atoms with Crippen LogP contribution in [0.2, 0.25) is 0 Å². The van der Waals surface area contributed by atoms with E-state index in [-0.39, 0.29) is 5.91 Å². The molecule has 0 spiro atoms. The molecule has 1 aromatic carbocycles. The van der Waals surface area contributed by atoms with E-state index >= 15 is 0 Å². The molecular weight excluding hydrogens is 460 g/mol. The Bertz CT molecular complexity index is 1300. The van der Waals surface area contributed by atoms with Crippen molar-refractivity contribution in [3.63, 3.8) is 0 Å². The van der Waals surface area contributed by atoms with Crippen molar-refractivity contribution in [2.24, 2.45) is 0 Å². The Labute approximate surface area is 208 Å². The van der Waals surface area contributed by atoms with Crippen molar-refractivity contribution in [2.45, 2.75) is 45.1 Å². The number of hydrogen-bond donors (Lipinski definition) is 1. The van der Waals surface area contributed by atoms with E-state index in [0.717, 1.165) is 46.7 Å². The molecule has 8 nitrogen and oxygen atoms in total. The van der Waals surface area contributed by atoms with E-state index in [1.807, 2.05) is 9.42 Å². The molecule has 1 amide bonds. The quantitative estimate of drug-likeness (QED) is 0.413. The van der Waals surface area contributed by atoms with Crippen LogP contribution in [0.25, 0.3) is 16.2 Å². The predicted octanol–water partition coefficient (Wildman–Crippen LogP) is 4.93. The average molecular weight is 491 g/mol. The number of nitrogens with zero attached hydrogens (tertiary/aromatic N) is 5. The number of carbonyl (C=O) groups excluding carboxylic acids is 1. The molecule has 0 bridgehead atoms. The van der Waals surface area contributed by atoms with Gasteiger partial charge in [-0.1, -0.05) is 55.4 Å². The summed E-state index contributed by atoms with van der Waals surface area (Å²) >= 11 is 1.61. The summed E-state index contributed by atoms with van der Waals surface area (Å²) in [5.74, 6) is 1.34. The lowest BCUT2D eigenvalue weighted by molar-refractivity contribution is 0.0714. The summed E-state index contributed by atoms with van der Waals surface area (Å²) in [5.41, 5.74) is 3.41. The Balaban J connectivity index is 1.25. The summed E-state index contributed by atoms with van der Waals surface area (Å²) < 4.78 is 7.27. The Morgan fingerprint density at radius 3 is 2.57 bits per heavy atom. The summed E-state index contributed by atoms with van der Waals surface area (Å²) in [5, 5.41) is 9.71. The van der Waals surface area contributed by atoms with Gasteiger partial charge in [0.25, 0.3) is 5.91 Å². The summed E-state index contributed by atoms with van der Waals surface area (Å²) in [7, 11) is 0. The van der Waals surface area contributed by atoms with E-state index in [0.29, 0.717) is 24.9 Å². The number of furan rings is 1. The largest absolute Gasteiger partial charge is 0.459 e. The van der Waals surface area contributed by atoms with E-state index in [1.165, 1.54) is 31.2 Å². The van der Waals surface area contributed by atoms with Gasteiger partial charge in [-0.05, 0) is 37.0 Å². The van der Waals surface area contributed by atoms with Crippen molar-refractivity contribution >= 4 is 33.2 Å². The highest BCUT2D eigenvalue weighted by Crippen LogP contribution is 2.35. The normalized spacial score (nSPS) is 16.9. The summed E-state index contributed by atoms with van der Waals surface area (Å²) in [6, 6.07) is 12.6. The second-order valence-electron chi connectivity index (χ2n) is 9.32. The minimum atomic E-state index is -0.0506. The van der Waals surface area contributed by atoms with E-state index in [2.05, 4.69) is 41.4 Å². The fourth-order valence-corrected chi connectivity index (χ4v) is 5.97. The Kier molecular flexibility index (Phi) is 5.93. The number of anilines is 2. The van der Waals surface area contributed by atoms with Gasteiger partial charge in [0.2, 0.25) is 10.1 Å². The van der Waals surface area contributed by atoms with Gasteiger partial charge in [-0.3, -0.25) is 4.79 Å². The number of aromatic nitrogens is 3. The average Bonchev–Trinajstić information content (AvgIpc) is 3.70. The molecule has 1 saturated carbocycles. The number of amides is 1. The highest BCUT2D eigenvalue weighted by Gasteiger charge is 2.27. The minimum absolute atomic E-state index is 0.0506. The number of carbonyl (C=O) groups is 1. The van der Waals surface area contributed by atoms with Crippen LogP contribution in [0.1, 0.15) is 48.7 Å². The standard InChI is InChI=1S/C26H30N6O2S/c1-2-18-9-11-19(12-10-18)22-23(27-20-6-3-4-7-20)32-25(28-22)35-26(29-32)31-15-13-30(14-16-31)24(33)21-8-5-17-34-21/h5,8-12,17,20,27H,2-4,6-7,13-16H2,1H3. The monoisotopic (exact) mass is 490 g/mol. The highest BCUT2D eigenvalue weighted by atomic mass is 32.1. The van der Waals surface area contributed by atoms with Crippen LogP contribution in [0.5, 0.6) is 0 Å². The number of rotatable bonds is 6. The second kappa shape index (κ2) is 9.37. The molecule has 4 heterocycles. The number of benzene rings is 1. The van der Waals surface area contributed by atoms with Gasteiger partial charge in [0.1, 0.15) is 5.69 Å². The smallest absolute Gasteiger partial charge is 0.289 e. The molecule has 1 saturated heterocycles. The van der Waals surface area contributed by atoms with Crippen molar-refractivity contribution in [3.8, 4) is 11.3 Å². The molecule has 182 valence electrons. The van der Waals surface area contributed by atoms with Crippen molar-refractivity contribution in [3.05, 3.63) is 54.0 Å². The first kappa shape index (κ1) is 22.2. The maximum Gasteiger partial charge on any atom is 0.289 e. The van der Waals surface area contributed by atoms with Crippen LogP contribution in [0, 0.1) is 0 Å². The molecule has 2 aliphatic rings. The van der Waals surface area contributed by atoms with Crippen molar-refractivity contribution in [1.29, 1.82) is 0 Å². The molecule has 9 heteroatoms. The van der Waals surface area contributed by atoms with Crippen LogP contribution >= 0.6 is 11.3 Å². The first-order chi connectivity index (χ1) is 17.2. The lowest BCUT2D eigenvalue weighted by atomic mass is 10.1. The fourth-order valence-electron chi connectivity index (χ4n) is 5.02. The van der Waals surface area contributed by atoms with Gasteiger partial charge in [-0.25, -0.2) is 4.98 Å². The molecule has 4 aromatic rings. The van der Waals surface area contributed by atoms with Gasteiger partial charge >= 0.3 is 0 Å². The Morgan fingerprint density at radius 1 is 1.11 bits per heavy atom. The van der Waals surface area contributed by atoms with Crippen LogP contribution in [0.4, 0.5) is 10.9 Å². The second-order valence-corrected chi connectivity index (χ2v) is 10.3. The van der Waals surface area contributed by atoms with Gasteiger partial charge in [0, 0.05) is 37.8 Å². The van der Waals surface area contributed by atoms with Gasteiger partial charge < -0.3 is 19.5 Å². The van der Waals surface area contributed by atoms with Crippen LogP contribution < -0.4 is 10.2 Å². The summed E-state index contributed by atoms with van der Waals surface area (Å²) in [6.45, 7) is 4.93. The van der Waals surface area contributed by atoms with Gasteiger partial charge in [0.05, 0.1) is 6.26 Å². The van der Waals surface area contributed by atoms with E-state index in [9.17, 15) is 4.79 Å². The first-order valence-electron chi connectivity index (χ1n) is 12.5. The number of piperazine rings is 1. The van der Waals surface area contributed by atoms with Crippen molar-refractivity contribution in [2.75, 3.05) is 36.4 Å². The van der Waals surface area contributed by atoms with E-state index < -0.39 is 0 Å². The van der Waals surface area contributed by atoms with Crippen molar-refractivity contribution < 1.29 is 9.21 Å². The third-order valence-corrected chi connectivity index (χ3v) is 8.06. The van der Waals surface area contributed by atoms with Crippen LogP contribution in [0.3, 0.4) is 0 Å². The maximum atomic E-state index is 12.6. The molecule has 0 radical (unpaired) electrons. The van der Waals surface area contributed by atoms with Gasteiger partial charge in [-0.2, -0.15) is 4.52 Å². The van der Waals surface area contributed by atoms with E-state index in [1.54, 1.807) is 29.7 Å². The summed E-state index contributed by atoms with van der Waals surface area (Å²) in [4.78, 5) is 22.6. The van der Waals surface area contributed by atoms with E-state index in [4.69, 9.17) is 14.5 Å². The highest BCUT2D eigenvalue weighted by molar-refractivity contribution is 7.20. The number of fused-ring (bicyclic) bond motifs is 1. The topological polar surface area (TPSA) is 78.9 Å². The van der Waals surface area contributed by atoms with Gasteiger partial charge in [-0.15, -0.1) is 5.10 Å². The molecule has 0 unspecified atom stereocenters. The zero-order valence-corrected chi connectivity index (χ0v) is 20.8. The minimum Gasteiger partial charge on any atom is -0.459 e. The number of nitrogens with one attached hydrogen (secondary N) is 1. The molecule has 1 aliphatic heterocycles. The van der Waals surface area contributed by atoms with Crippen LogP contribution in [0.15, 0.2) is 47.1 Å². The van der Waals surface area contributed by atoms with Crippen LogP contribution in [-0.2, 0) is 6.42 Å². The summed E-state index contributed by atoms with van der Waals surface area (Å²) in [6.07, 6.45) is 7.47. The number of aryl methyl sites for hydroxylation is 1. The SMILES string of the molecule is CCc1ccc(-c2nc3sc(N4CCN(C(=O)c5ccco5)CC4)nn3c2NC2CCCC2)cc1.